The molecule has 90 valence electrons. The third-order valence-corrected chi connectivity index (χ3v) is 3.34. The van der Waals surface area contributed by atoms with Gasteiger partial charge in [-0.3, -0.25) is 4.79 Å². The van der Waals surface area contributed by atoms with Crippen molar-refractivity contribution >= 4 is 17.2 Å². The maximum atomic E-state index is 11.6. The number of hydrogen-bond donors (Lipinski definition) is 1. The summed E-state index contributed by atoms with van der Waals surface area (Å²) < 4.78 is 1.50. The molecule has 0 aliphatic carbocycles. The predicted octanol–water partition coefficient (Wildman–Crippen LogP) is 1.20. The van der Waals surface area contributed by atoms with Crippen molar-refractivity contribution < 1.29 is 0 Å². The number of aromatic nitrogens is 3. The van der Waals surface area contributed by atoms with Crippen LogP contribution in [0.25, 0.3) is 0 Å². The Morgan fingerprint density at radius 3 is 3.06 bits per heavy atom. The fourth-order valence-electron chi connectivity index (χ4n) is 1.42. The Morgan fingerprint density at radius 2 is 2.35 bits per heavy atom. The minimum Gasteiger partial charge on any atom is -0.365 e. The van der Waals surface area contributed by atoms with Gasteiger partial charge in [0.25, 0.3) is 5.56 Å². The first-order valence-corrected chi connectivity index (χ1v) is 6.21. The average Bonchev–Trinajstić information content (AvgIpc) is 2.70. The van der Waals surface area contributed by atoms with E-state index >= 15 is 0 Å². The average molecular weight is 250 g/mol. The summed E-state index contributed by atoms with van der Waals surface area (Å²) in [7, 11) is 1.71. The van der Waals surface area contributed by atoms with E-state index < -0.39 is 0 Å². The largest absolute Gasteiger partial charge is 0.365 e. The molecule has 0 aromatic carbocycles. The summed E-state index contributed by atoms with van der Waals surface area (Å²) in [6.45, 7) is 2.64. The molecule has 2 heterocycles. The molecule has 0 aliphatic rings. The van der Waals surface area contributed by atoms with Gasteiger partial charge in [0.05, 0.1) is 5.01 Å². The van der Waals surface area contributed by atoms with Gasteiger partial charge < -0.3 is 9.88 Å². The first-order valence-electron chi connectivity index (χ1n) is 5.33. The lowest BCUT2D eigenvalue weighted by atomic mass is 10.4. The fourth-order valence-corrected chi connectivity index (χ4v) is 2.20. The van der Waals surface area contributed by atoms with Crippen molar-refractivity contribution in [1.82, 2.24) is 14.5 Å². The van der Waals surface area contributed by atoms with Crippen LogP contribution in [0.1, 0.15) is 10.7 Å². The smallest absolute Gasteiger partial charge is 0.293 e. The summed E-state index contributed by atoms with van der Waals surface area (Å²) in [5.41, 5.74) is 0.932. The zero-order chi connectivity index (χ0) is 12.3. The fraction of sp³-hybridized carbons (Fsp3) is 0.364. The number of rotatable bonds is 4. The van der Waals surface area contributed by atoms with Gasteiger partial charge >= 0.3 is 0 Å². The second-order valence-corrected chi connectivity index (χ2v) is 4.69. The van der Waals surface area contributed by atoms with Gasteiger partial charge in [-0.15, -0.1) is 11.3 Å². The van der Waals surface area contributed by atoms with E-state index in [4.69, 9.17) is 0 Å². The Morgan fingerprint density at radius 1 is 1.53 bits per heavy atom. The van der Waals surface area contributed by atoms with E-state index in [9.17, 15) is 4.79 Å². The lowest BCUT2D eigenvalue weighted by Gasteiger charge is -2.04. The molecule has 1 N–H and O–H groups in total. The van der Waals surface area contributed by atoms with Gasteiger partial charge in [0.2, 0.25) is 0 Å². The third kappa shape index (κ3) is 2.91. The van der Waals surface area contributed by atoms with Gasteiger partial charge in [-0.25, -0.2) is 9.97 Å². The van der Waals surface area contributed by atoms with Crippen LogP contribution >= 0.6 is 11.3 Å². The molecular formula is C11H14N4OS. The van der Waals surface area contributed by atoms with Crippen LogP contribution in [0.15, 0.2) is 22.6 Å². The van der Waals surface area contributed by atoms with Crippen molar-refractivity contribution in [2.24, 2.45) is 7.05 Å². The summed E-state index contributed by atoms with van der Waals surface area (Å²) in [5, 5.41) is 6.13. The summed E-state index contributed by atoms with van der Waals surface area (Å²) in [5.74, 6) is 0.392. The monoisotopic (exact) mass is 250 g/mol. The van der Waals surface area contributed by atoms with Crippen molar-refractivity contribution in [2.75, 3.05) is 11.9 Å². The first-order chi connectivity index (χ1) is 8.16. The number of thiazole rings is 1. The molecule has 2 aromatic rings. The van der Waals surface area contributed by atoms with Crippen LogP contribution in [0.4, 0.5) is 5.82 Å². The van der Waals surface area contributed by atoms with E-state index in [1.54, 1.807) is 30.8 Å². The van der Waals surface area contributed by atoms with E-state index in [2.05, 4.69) is 15.3 Å². The normalized spacial score (nSPS) is 10.5. The van der Waals surface area contributed by atoms with Gasteiger partial charge in [0.15, 0.2) is 5.82 Å². The minimum atomic E-state index is -0.109. The van der Waals surface area contributed by atoms with Crippen molar-refractivity contribution in [2.45, 2.75) is 13.3 Å². The van der Waals surface area contributed by atoms with Gasteiger partial charge in [-0.1, -0.05) is 0 Å². The molecule has 0 atom stereocenters. The van der Waals surface area contributed by atoms with Crippen LogP contribution in [0, 0.1) is 6.92 Å². The van der Waals surface area contributed by atoms with Crippen LogP contribution in [-0.2, 0) is 13.5 Å². The van der Waals surface area contributed by atoms with Crippen LogP contribution in [-0.4, -0.2) is 21.1 Å². The Labute approximate surface area is 103 Å². The Hall–Kier alpha value is -1.69. The number of aryl methyl sites for hydroxylation is 2. The minimum absolute atomic E-state index is 0.109. The molecule has 0 fully saturated rings. The quantitative estimate of drug-likeness (QED) is 0.885. The number of nitrogens with zero attached hydrogens (tertiary/aromatic N) is 3. The highest BCUT2D eigenvalue weighted by molar-refractivity contribution is 7.09. The molecule has 0 amide bonds. The van der Waals surface area contributed by atoms with Crippen LogP contribution in [0.5, 0.6) is 0 Å². The zero-order valence-corrected chi connectivity index (χ0v) is 10.6. The van der Waals surface area contributed by atoms with E-state index in [1.807, 2.05) is 12.3 Å². The summed E-state index contributed by atoms with van der Waals surface area (Å²) in [4.78, 5) is 20.0. The molecule has 6 heteroatoms. The molecule has 0 spiro atoms. The Kier molecular flexibility index (Phi) is 3.53. The van der Waals surface area contributed by atoms with E-state index in [1.165, 1.54) is 4.57 Å². The van der Waals surface area contributed by atoms with Gasteiger partial charge in [0.1, 0.15) is 0 Å². The molecule has 2 rings (SSSR count). The molecule has 5 nitrogen and oxygen atoms in total. The van der Waals surface area contributed by atoms with Crippen molar-refractivity contribution in [3.63, 3.8) is 0 Å². The molecule has 0 unspecified atom stereocenters. The van der Waals surface area contributed by atoms with Crippen molar-refractivity contribution in [3.05, 3.63) is 38.8 Å². The second kappa shape index (κ2) is 5.09. The molecule has 0 saturated heterocycles. The van der Waals surface area contributed by atoms with Crippen molar-refractivity contribution in [3.8, 4) is 0 Å². The SMILES string of the molecule is Cc1csc(CCNc2nccn(C)c2=O)n1. The van der Waals surface area contributed by atoms with Gasteiger partial charge in [-0.2, -0.15) is 0 Å². The summed E-state index contributed by atoms with van der Waals surface area (Å²) in [6, 6.07) is 0. The number of hydrogen-bond acceptors (Lipinski definition) is 5. The van der Waals surface area contributed by atoms with E-state index in [0.717, 1.165) is 17.1 Å². The molecule has 2 aromatic heterocycles. The van der Waals surface area contributed by atoms with E-state index in [0.29, 0.717) is 12.4 Å². The number of anilines is 1. The topological polar surface area (TPSA) is 59.8 Å². The number of nitrogens with one attached hydrogen (secondary N) is 1. The third-order valence-electron chi connectivity index (χ3n) is 2.31. The highest BCUT2D eigenvalue weighted by atomic mass is 32.1. The molecule has 0 radical (unpaired) electrons. The maximum Gasteiger partial charge on any atom is 0.293 e. The Balaban J connectivity index is 1.94. The lowest BCUT2D eigenvalue weighted by Crippen LogP contribution is -2.22. The van der Waals surface area contributed by atoms with Crippen LogP contribution in [0.3, 0.4) is 0 Å². The predicted molar refractivity (Wildman–Crippen MR) is 68.5 cm³/mol. The molecular weight excluding hydrogens is 236 g/mol. The highest BCUT2D eigenvalue weighted by Gasteiger charge is 2.02. The van der Waals surface area contributed by atoms with Crippen LogP contribution < -0.4 is 10.9 Å². The standard InChI is InChI=1S/C11H14N4OS/c1-8-7-17-9(14-8)3-4-12-10-11(16)15(2)6-5-13-10/h5-7H,3-4H2,1-2H3,(H,12,13). The van der Waals surface area contributed by atoms with Crippen molar-refractivity contribution in [1.29, 1.82) is 0 Å². The maximum absolute atomic E-state index is 11.6. The summed E-state index contributed by atoms with van der Waals surface area (Å²) in [6.07, 6.45) is 4.05. The molecule has 0 bridgehead atoms. The van der Waals surface area contributed by atoms with Gasteiger partial charge in [0, 0.05) is 43.5 Å². The second-order valence-electron chi connectivity index (χ2n) is 3.75. The first kappa shape index (κ1) is 11.8. The molecule has 0 aliphatic heterocycles. The Bertz CT molecular complexity index is 561. The van der Waals surface area contributed by atoms with E-state index in [-0.39, 0.29) is 5.56 Å². The van der Waals surface area contributed by atoms with Crippen LogP contribution in [0.2, 0.25) is 0 Å². The molecule has 0 saturated carbocycles. The highest BCUT2D eigenvalue weighted by Crippen LogP contribution is 2.09. The lowest BCUT2D eigenvalue weighted by molar-refractivity contribution is 0.837. The molecule has 17 heavy (non-hydrogen) atoms. The van der Waals surface area contributed by atoms with Gasteiger partial charge in [-0.05, 0) is 6.92 Å². The zero-order valence-electron chi connectivity index (χ0n) is 9.80. The summed E-state index contributed by atoms with van der Waals surface area (Å²) >= 11 is 1.64.